The van der Waals surface area contributed by atoms with Gasteiger partial charge in [-0.1, -0.05) is 254 Å². The summed E-state index contributed by atoms with van der Waals surface area (Å²) in [5.41, 5.74) is 22.6. The van der Waals surface area contributed by atoms with Crippen LogP contribution >= 0.6 is 0 Å². The van der Waals surface area contributed by atoms with Crippen LogP contribution in [0.5, 0.6) is 0 Å². The molecule has 0 aliphatic heterocycles. The van der Waals surface area contributed by atoms with Crippen molar-refractivity contribution in [2.75, 3.05) is 4.90 Å². The van der Waals surface area contributed by atoms with E-state index in [4.69, 9.17) is 0 Å². The zero-order valence-corrected chi connectivity index (χ0v) is 41.6. The largest absolute Gasteiger partial charge is 0.310 e. The van der Waals surface area contributed by atoms with Gasteiger partial charge in [0.2, 0.25) is 0 Å². The van der Waals surface area contributed by atoms with Crippen LogP contribution in [-0.2, 0) is 21.7 Å². The van der Waals surface area contributed by atoms with Crippen LogP contribution < -0.4 is 4.90 Å². The Kier molecular flexibility index (Phi) is 10.5. The molecule has 10 aromatic rings. The van der Waals surface area contributed by atoms with Gasteiger partial charge in [0.1, 0.15) is 0 Å². The number of nitrogens with zero attached hydrogens (tertiary/aromatic N) is 1. The van der Waals surface area contributed by atoms with E-state index >= 15 is 0 Å². The average molecular weight is 914 g/mol. The fourth-order valence-electron chi connectivity index (χ4n) is 12.1. The molecule has 1 heteroatoms. The van der Waals surface area contributed by atoms with Gasteiger partial charge in [-0.2, -0.15) is 0 Å². The van der Waals surface area contributed by atoms with Crippen molar-refractivity contribution in [3.05, 3.63) is 304 Å². The zero-order chi connectivity index (χ0) is 48.5. The zero-order valence-electron chi connectivity index (χ0n) is 41.6. The molecule has 0 aromatic heterocycles. The highest BCUT2D eigenvalue weighted by Crippen LogP contribution is 2.60. The molecule has 12 rings (SSSR count). The Labute approximate surface area is 420 Å². The van der Waals surface area contributed by atoms with Crippen molar-refractivity contribution in [3.8, 4) is 33.4 Å². The van der Waals surface area contributed by atoms with Crippen molar-refractivity contribution in [3.63, 3.8) is 0 Å². The van der Waals surface area contributed by atoms with E-state index in [9.17, 15) is 0 Å². The fraction of sp³-hybridized carbons (Fsp3) is 0.143. The maximum atomic E-state index is 2.50. The fourth-order valence-corrected chi connectivity index (χ4v) is 12.1. The third-order valence-electron chi connectivity index (χ3n) is 15.6. The maximum Gasteiger partial charge on any atom is 0.0714 e. The van der Waals surface area contributed by atoms with Crippen LogP contribution in [0.2, 0.25) is 0 Å². The topological polar surface area (TPSA) is 3.24 Å². The van der Waals surface area contributed by atoms with E-state index in [0.29, 0.717) is 0 Å². The lowest BCUT2D eigenvalue weighted by atomic mass is 9.67. The Morgan fingerprint density at radius 1 is 0.268 bits per heavy atom. The third kappa shape index (κ3) is 7.04. The standard InChI is InChI=1S/C70H59N/c1-67(2,3)50-33-37-54(38-34-50)69(52-24-12-8-13-25-52)64-32-19-17-30-60(64)62-46-57(42-44-65(62)69)71(56-28-20-23-49(45-56)48-21-10-7-11-22-48)58-41-43-61-59-29-16-18-31-63(59)70(66(61)47-58,53-26-14-9-15-27-53)55-39-35-51(36-40-55)68(4,5)6/h7-47H,1-6H3. The van der Waals surface area contributed by atoms with E-state index < -0.39 is 10.8 Å². The molecule has 0 fully saturated rings. The minimum Gasteiger partial charge on any atom is -0.310 e. The Morgan fingerprint density at radius 2 is 0.662 bits per heavy atom. The van der Waals surface area contributed by atoms with Gasteiger partial charge in [0.25, 0.3) is 0 Å². The molecular formula is C70H59N. The van der Waals surface area contributed by atoms with Gasteiger partial charge in [-0.3, -0.25) is 0 Å². The minimum absolute atomic E-state index is 0.0277. The highest BCUT2D eigenvalue weighted by molar-refractivity contribution is 5.93. The van der Waals surface area contributed by atoms with Crippen molar-refractivity contribution in [2.45, 2.75) is 63.2 Å². The molecular weight excluding hydrogens is 855 g/mol. The lowest BCUT2D eigenvalue weighted by molar-refractivity contribution is 0.589. The number of rotatable bonds is 8. The first-order chi connectivity index (χ1) is 34.5. The molecule has 0 spiro atoms. The predicted molar refractivity (Wildman–Crippen MR) is 299 cm³/mol. The number of hydrogen-bond acceptors (Lipinski definition) is 1. The first-order valence-corrected chi connectivity index (χ1v) is 25.2. The molecule has 10 aromatic carbocycles. The second-order valence-electron chi connectivity index (χ2n) is 21.7. The molecule has 0 heterocycles. The van der Waals surface area contributed by atoms with E-state index in [1.165, 1.54) is 89.0 Å². The smallest absolute Gasteiger partial charge is 0.0714 e. The number of benzene rings is 10. The normalized spacial score (nSPS) is 16.7. The van der Waals surface area contributed by atoms with Gasteiger partial charge >= 0.3 is 0 Å². The van der Waals surface area contributed by atoms with Gasteiger partial charge in [0, 0.05) is 17.1 Å². The average Bonchev–Trinajstić information content (AvgIpc) is 3.87. The molecule has 1 nitrogen and oxygen atoms in total. The number of hydrogen-bond donors (Lipinski definition) is 0. The van der Waals surface area contributed by atoms with Crippen LogP contribution in [0.3, 0.4) is 0 Å². The van der Waals surface area contributed by atoms with Gasteiger partial charge in [0.15, 0.2) is 0 Å². The Morgan fingerprint density at radius 3 is 1.21 bits per heavy atom. The summed E-state index contributed by atoms with van der Waals surface area (Å²) in [7, 11) is 0. The van der Waals surface area contributed by atoms with Crippen LogP contribution in [0.15, 0.2) is 249 Å². The molecule has 0 saturated carbocycles. The van der Waals surface area contributed by atoms with Crippen LogP contribution in [0.25, 0.3) is 33.4 Å². The first-order valence-electron chi connectivity index (χ1n) is 25.2. The first kappa shape index (κ1) is 44.2. The third-order valence-corrected chi connectivity index (χ3v) is 15.6. The second-order valence-corrected chi connectivity index (χ2v) is 21.7. The van der Waals surface area contributed by atoms with E-state index in [2.05, 4.69) is 295 Å². The molecule has 2 atom stereocenters. The van der Waals surface area contributed by atoms with Crippen LogP contribution in [-0.4, -0.2) is 0 Å². The van der Waals surface area contributed by atoms with Gasteiger partial charge in [-0.15, -0.1) is 0 Å². The Hall–Kier alpha value is -8.00. The van der Waals surface area contributed by atoms with Gasteiger partial charge in [-0.05, 0) is 136 Å². The summed E-state index contributed by atoms with van der Waals surface area (Å²) in [5, 5.41) is 0. The molecule has 0 bridgehead atoms. The number of fused-ring (bicyclic) bond motifs is 6. The second kappa shape index (κ2) is 16.9. The van der Waals surface area contributed by atoms with E-state index in [1.807, 2.05) is 0 Å². The monoisotopic (exact) mass is 913 g/mol. The van der Waals surface area contributed by atoms with Crippen molar-refractivity contribution < 1.29 is 0 Å². The highest BCUT2D eigenvalue weighted by atomic mass is 15.1. The van der Waals surface area contributed by atoms with Gasteiger partial charge in [-0.25, -0.2) is 0 Å². The van der Waals surface area contributed by atoms with Crippen LogP contribution in [0.1, 0.15) is 97.2 Å². The van der Waals surface area contributed by atoms with Crippen molar-refractivity contribution in [1.29, 1.82) is 0 Å². The molecule has 2 unspecified atom stereocenters. The molecule has 344 valence electrons. The summed E-state index contributed by atoms with van der Waals surface area (Å²) in [6, 6.07) is 93.8. The molecule has 0 saturated heterocycles. The summed E-state index contributed by atoms with van der Waals surface area (Å²) >= 11 is 0. The van der Waals surface area contributed by atoms with Crippen molar-refractivity contribution >= 4 is 17.1 Å². The van der Waals surface area contributed by atoms with E-state index in [-0.39, 0.29) is 10.8 Å². The van der Waals surface area contributed by atoms with Gasteiger partial charge < -0.3 is 4.90 Å². The summed E-state index contributed by atoms with van der Waals surface area (Å²) in [6.45, 7) is 13.8. The van der Waals surface area contributed by atoms with Crippen LogP contribution in [0.4, 0.5) is 17.1 Å². The molecule has 0 amide bonds. The van der Waals surface area contributed by atoms with E-state index in [0.717, 1.165) is 17.1 Å². The summed E-state index contributed by atoms with van der Waals surface area (Å²) in [4.78, 5) is 2.50. The number of anilines is 3. The molecule has 0 radical (unpaired) electrons. The Bertz CT molecular complexity index is 3580. The lowest BCUT2D eigenvalue weighted by Gasteiger charge is -2.36. The molecule has 71 heavy (non-hydrogen) atoms. The molecule has 0 N–H and O–H groups in total. The van der Waals surface area contributed by atoms with Gasteiger partial charge in [0.05, 0.1) is 10.8 Å². The predicted octanol–water partition coefficient (Wildman–Crippen LogP) is 18.1. The van der Waals surface area contributed by atoms with Crippen molar-refractivity contribution in [1.82, 2.24) is 0 Å². The minimum atomic E-state index is -0.564. The summed E-state index contributed by atoms with van der Waals surface area (Å²) in [6.07, 6.45) is 0. The SMILES string of the molecule is CC(C)(C)c1ccc(C2(c3ccccc3)c3ccccc3-c3cc(N(c4cccc(-c5ccccc5)c4)c4ccc5c(c4)C(c4ccccc4)(c4ccc(C(C)(C)C)cc4)c4ccccc4-5)ccc32)cc1. The quantitative estimate of drug-likeness (QED) is 0.147. The summed E-state index contributed by atoms with van der Waals surface area (Å²) < 4.78 is 0. The summed E-state index contributed by atoms with van der Waals surface area (Å²) in [5.74, 6) is 0. The maximum absolute atomic E-state index is 2.50. The molecule has 2 aliphatic carbocycles. The van der Waals surface area contributed by atoms with E-state index in [1.54, 1.807) is 0 Å². The van der Waals surface area contributed by atoms with Crippen molar-refractivity contribution in [2.24, 2.45) is 0 Å². The Balaban J connectivity index is 1.11. The molecule has 2 aliphatic rings. The highest BCUT2D eigenvalue weighted by Gasteiger charge is 2.48. The lowest BCUT2D eigenvalue weighted by Crippen LogP contribution is -2.29. The van der Waals surface area contributed by atoms with Crippen LogP contribution in [0, 0.1) is 0 Å².